The molecule has 3 aromatic carbocycles. The van der Waals surface area contributed by atoms with E-state index in [-0.39, 0.29) is 34.2 Å². The quantitative estimate of drug-likeness (QED) is 0.0950. The van der Waals surface area contributed by atoms with E-state index in [0.717, 1.165) is 12.8 Å². The van der Waals surface area contributed by atoms with Crippen molar-refractivity contribution in [1.82, 2.24) is 14.9 Å². The molecule has 1 saturated heterocycles. The molecule has 14 heteroatoms. The van der Waals surface area contributed by atoms with Gasteiger partial charge in [0.1, 0.15) is 11.5 Å². The summed E-state index contributed by atoms with van der Waals surface area (Å²) in [6, 6.07) is 21.0. The monoisotopic (exact) mass is 658 g/mol. The minimum atomic E-state index is -3.96. The summed E-state index contributed by atoms with van der Waals surface area (Å²) in [5, 5.41) is 13.9. The number of carbonyl (C=O) groups excluding carboxylic acids is 2. The molecule has 1 heterocycles. The molecule has 11 nitrogen and oxygen atoms in total. The lowest BCUT2D eigenvalue weighted by molar-refractivity contribution is -0.387. The summed E-state index contributed by atoms with van der Waals surface area (Å²) in [5.41, 5.74) is -0.0369. The molecule has 2 atom stereocenters. The highest BCUT2D eigenvalue weighted by Gasteiger charge is 2.38. The summed E-state index contributed by atoms with van der Waals surface area (Å²) in [6.45, 7) is 2.48. The molecule has 1 fully saturated rings. The highest BCUT2D eigenvalue weighted by molar-refractivity contribution is 8.77. The zero-order chi connectivity index (χ0) is 31.5. The molecule has 3 aromatic rings. The molecular weight excluding hydrogens is 625 g/mol. The number of para-hydroxylation sites is 2. The Morgan fingerprint density at radius 3 is 2.34 bits per heavy atom. The number of hydrogen-bond donors (Lipinski definition) is 2. The van der Waals surface area contributed by atoms with Crippen molar-refractivity contribution >= 4 is 49.1 Å². The summed E-state index contributed by atoms with van der Waals surface area (Å²) in [4.78, 5) is 37.3. The first kappa shape index (κ1) is 33.3. The average molecular weight is 659 g/mol. The van der Waals surface area contributed by atoms with Gasteiger partial charge in [-0.3, -0.25) is 19.7 Å². The van der Waals surface area contributed by atoms with Crippen LogP contribution in [0.15, 0.2) is 88.7 Å². The maximum absolute atomic E-state index is 13.4. The normalized spacial score (nSPS) is 16.4. The molecule has 1 aliphatic rings. The first-order valence-corrected chi connectivity index (χ1v) is 17.8. The standard InChI is InChI=1S/C30H34N4O7S3/c1-22(35)31-19-9-3-6-14-30(36)33-20-26(29(21-33)43-42-28-13-8-7-12-27(28)34(37)38)32-44(39,40)25-17-15-24(16-18-25)41-23-10-4-2-5-11-23/h2,4-5,7-8,10-13,15-18,26,29,32H,3,6,9,14,19-21H2,1H3,(H,31,35)/t26-,29-/m0/s1. The molecule has 0 bridgehead atoms. The van der Waals surface area contributed by atoms with E-state index < -0.39 is 21.0 Å². The molecule has 4 rings (SSSR count). The van der Waals surface area contributed by atoms with E-state index in [4.69, 9.17) is 4.74 Å². The number of sulfonamides is 1. The maximum Gasteiger partial charge on any atom is 0.283 e. The van der Waals surface area contributed by atoms with Crippen molar-refractivity contribution in [2.24, 2.45) is 0 Å². The molecule has 0 unspecified atom stereocenters. The van der Waals surface area contributed by atoms with Crippen molar-refractivity contribution in [3.63, 3.8) is 0 Å². The molecule has 2 amide bonds. The first-order valence-electron chi connectivity index (χ1n) is 14.1. The number of ether oxygens (including phenoxy) is 1. The number of nitro groups is 1. The summed E-state index contributed by atoms with van der Waals surface area (Å²) in [5.74, 6) is 0.931. The Labute approximate surface area is 264 Å². The van der Waals surface area contributed by atoms with Crippen LogP contribution in [0.2, 0.25) is 0 Å². The van der Waals surface area contributed by atoms with Crippen molar-refractivity contribution in [2.75, 3.05) is 19.6 Å². The van der Waals surface area contributed by atoms with Gasteiger partial charge >= 0.3 is 0 Å². The van der Waals surface area contributed by atoms with Crippen LogP contribution in [0.4, 0.5) is 5.69 Å². The molecule has 0 radical (unpaired) electrons. The van der Waals surface area contributed by atoms with Gasteiger partial charge in [0, 0.05) is 39.0 Å². The molecule has 0 aliphatic carbocycles. The van der Waals surface area contributed by atoms with Crippen LogP contribution in [-0.2, 0) is 19.6 Å². The van der Waals surface area contributed by atoms with Crippen molar-refractivity contribution in [3.05, 3.63) is 89.0 Å². The minimum Gasteiger partial charge on any atom is -0.457 e. The topological polar surface area (TPSA) is 148 Å². The SMILES string of the molecule is CC(=O)NCCCCCC(=O)N1C[C@H](NS(=O)(=O)c2ccc(Oc3ccccc3)cc2)[C@@H](SSc2ccccc2[N+](=O)[O-])C1. The van der Waals surface area contributed by atoms with Gasteiger partial charge in [-0.15, -0.1) is 0 Å². The van der Waals surface area contributed by atoms with E-state index in [1.165, 1.54) is 46.7 Å². The summed E-state index contributed by atoms with van der Waals surface area (Å²) >= 11 is 0. The third-order valence-electron chi connectivity index (χ3n) is 6.80. The number of rotatable bonds is 15. The van der Waals surface area contributed by atoms with Gasteiger partial charge in [0.2, 0.25) is 21.8 Å². The zero-order valence-electron chi connectivity index (χ0n) is 24.1. The van der Waals surface area contributed by atoms with Crippen LogP contribution in [-0.4, -0.2) is 61.0 Å². The third-order valence-corrected chi connectivity index (χ3v) is 11.2. The lowest BCUT2D eigenvalue weighted by Crippen LogP contribution is -2.41. The van der Waals surface area contributed by atoms with Gasteiger partial charge in [0.15, 0.2) is 0 Å². The van der Waals surface area contributed by atoms with Crippen LogP contribution >= 0.6 is 21.6 Å². The Hall–Kier alpha value is -3.59. The number of hydrogen-bond acceptors (Lipinski definition) is 9. The van der Waals surface area contributed by atoms with E-state index in [1.54, 1.807) is 47.4 Å². The second-order valence-corrected chi connectivity index (χ2v) is 14.3. The van der Waals surface area contributed by atoms with Crippen molar-refractivity contribution in [3.8, 4) is 11.5 Å². The van der Waals surface area contributed by atoms with E-state index >= 15 is 0 Å². The maximum atomic E-state index is 13.4. The highest BCUT2D eigenvalue weighted by Crippen LogP contribution is 2.42. The highest BCUT2D eigenvalue weighted by atomic mass is 33.1. The Morgan fingerprint density at radius 1 is 0.955 bits per heavy atom. The van der Waals surface area contributed by atoms with Crippen LogP contribution < -0.4 is 14.8 Å². The number of amides is 2. The van der Waals surface area contributed by atoms with Crippen LogP contribution in [0.1, 0.15) is 32.6 Å². The molecule has 1 aliphatic heterocycles. The average Bonchev–Trinajstić information content (AvgIpc) is 3.40. The fraction of sp³-hybridized carbons (Fsp3) is 0.333. The lowest BCUT2D eigenvalue weighted by Gasteiger charge is -2.19. The summed E-state index contributed by atoms with van der Waals surface area (Å²) in [7, 11) is -1.46. The lowest BCUT2D eigenvalue weighted by atomic mass is 10.2. The van der Waals surface area contributed by atoms with Crippen LogP contribution in [0.5, 0.6) is 11.5 Å². The van der Waals surface area contributed by atoms with Gasteiger partial charge in [0.25, 0.3) is 5.69 Å². The molecule has 0 saturated carbocycles. The predicted molar refractivity (Wildman–Crippen MR) is 171 cm³/mol. The number of unbranched alkanes of at least 4 members (excludes halogenated alkanes) is 2. The number of likely N-dealkylation sites (tertiary alicyclic amines) is 1. The van der Waals surface area contributed by atoms with Gasteiger partial charge in [-0.05, 0) is 55.3 Å². The van der Waals surface area contributed by atoms with Crippen LogP contribution in [0, 0.1) is 10.1 Å². The number of nitrogens with zero attached hydrogens (tertiary/aromatic N) is 2. The molecule has 2 N–H and O–H groups in total. The Bertz CT molecular complexity index is 1540. The molecule has 234 valence electrons. The first-order chi connectivity index (χ1) is 21.1. The van der Waals surface area contributed by atoms with Gasteiger partial charge in [0.05, 0.1) is 26.0 Å². The fourth-order valence-electron chi connectivity index (χ4n) is 4.56. The zero-order valence-corrected chi connectivity index (χ0v) is 26.5. The molecule has 44 heavy (non-hydrogen) atoms. The number of nitro benzene ring substituents is 1. The Balaban J connectivity index is 1.43. The summed E-state index contributed by atoms with van der Waals surface area (Å²) in [6.07, 6.45) is 2.48. The second kappa shape index (κ2) is 15.9. The number of benzene rings is 3. The predicted octanol–water partition coefficient (Wildman–Crippen LogP) is 5.38. The van der Waals surface area contributed by atoms with Gasteiger partial charge < -0.3 is 15.0 Å². The van der Waals surface area contributed by atoms with Gasteiger partial charge in [-0.1, -0.05) is 58.3 Å². The van der Waals surface area contributed by atoms with Gasteiger partial charge in [-0.2, -0.15) is 0 Å². The molecule has 0 aromatic heterocycles. The van der Waals surface area contributed by atoms with Crippen LogP contribution in [0.3, 0.4) is 0 Å². The number of nitrogens with one attached hydrogen (secondary N) is 2. The van der Waals surface area contributed by atoms with E-state index in [9.17, 15) is 28.1 Å². The smallest absolute Gasteiger partial charge is 0.283 e. The van der Waals surface area contributed by atoms with Crippen LogP contribution in [0.25, 0.3) is 0 Å². The van der Waals surface area contributed by atoms with E-state index in [1.807, 2.05) is 18.2 Å². The largest absolute Gasteiger partial charge is 0.457 e. The van der Waals surface area contributed by atoms with Crippen molar-refractivity contribution in [2.45, 2.75) is 53.7 Å². The Morgan fingerprint density at radius 2 is 1.64 bits per heavy atom. The third kappa shape index (κ3) is 9.71. The van der Waals surface area contributed by atoms with E-state index in [0.29, 0.717) is 42.3 Å². The number of carbonyl (C=O) groups is 2. The van der Waals surface area contributed by atoms with Crippen molar-refractivity contribution in [1.29, 1.82) is 0 Å². The van der Waals surface area contributed by atoms with Gasteiger partial charge in [-0.25, -0.2) is 13.1 Å². The van der Waals surface area contributed by atoms with Crippen molar-refractivity contribution < 1.29 is 27.7 Å². The summed E-state index contributed by atoms with van der Waals surface area (Å²) < 4.78 is 35.4. The molecule has 0 spiro atoms. The van der Waals surface area contributed by atoms with E-state index in [2.05, 4.69) is 10.0 Å². The Kier molecular flexibility index (Phi) is 12.1. The second-order valence-electron chi connectivity index (χ2n) is 10.1. The minimum absolute atomic E-state index is 0.0369. The fourth-order valence-corrected chi connectivity index (χ4v) is 8.72. The molecular formula is C30H34N4O7S3.